The molecule has 0 aliphatic rings. The van der Waals surface area contributed by atoms with E-state index in [9.17, 15) is 35.9 Å². The minimum absolute atomic E-state index is 0.0438. The van der Waals surface area contributed by atoms with Gasteiger partial charge in [0.2, 0.25) is 5.91 Å². The maximum atomic E-state index is 13.1. The molecule has 0 saturated carbocycles. The third-order valence-corrected chi connectivity index (χ3v) is 4.90. The van der Waals surface area contributed by atoms with Gasteiger partial charge >= 0.3 is 18.4 Å². The highest BCUT2D eigenvalue weighted by Gasteiger charge is 2.37. The summed E-state index contributed by atoms with van der Waals surface area (Å²) in [7, 11) is 3.23. The molecule has 0 atom stereocenters. The van der Waals surface area contributed by atoms with Crippen LogP contribution < -0.4 is 10.6 Å². The Labute approximate surface area is 199 Å². The summed E-state index contributed by atoms with van der Waals surface area (Å²) in [5, 5.41) is 17.5. The first-order valence-electron chi connectivity index (χ1n) is 10.2. The fourth-order valence-electron chi connectivity index (χ4n) is 3.11. The van der Waals surface area contributed by atoms with E-state index in [0.29, 0.717) is 24.1 Å². The van der Waals surface area contributed by atoms with Gasteiger partial charge in [-0.25, -0.2) is 9.89 Å². The van der Waals surface area contributed by atoms with Gasteiger partial charge in [0.25, 0.3) is 0 Å². The number of hydrogen-bond donors (Lipinski definition) is 3. The molecule has 1 aromatic heterocycles. The van der Waals surface area contributed by atoms with Crippen molar-refractivity contribution in [1.29, 1.82) is 0 Å². The molecule has 3 rings (SSSR count). The van der Waals surface area contributed by atoms with Gasteiger partial charge in [-0.05, 0) is 52.7 Å². The number of aromatic nitrogens is 4. The number of alkyl halides is 6. The molecule has 0 saturated heterocycles. The smallest absolute Gasteiger partial charge is 0.349 e. The normalized spacial score (nSPS) is 11.8. The molecule has 0 bridgehead atoms. The van der Waals surface area contributed by atoms with Crippen LogP contribution >= 0.6 is 0 Å². The van der Waals surface area contributed by atoms with Gasteiger partial charge in [0.1, 0.15) is 0 Å². The lowest BCUT2D eigenvalue weighted by Gasteiger charge is -2.16. The topological polar surface area (TPSA) is 116 Å². The van der Waals surface area contributed by atoms with Gasteiger partial charge in [-0.2, -0.15) is 26.3 Å². The molecule has 9 nitrogen and oxygen atoms in total. The van der Waals surface area contributed by atoms with E-state index in [1.807, 2.05) is 5.32 Å². The van der Waals surface area contributed by atoms with Crippen molar-refractivity contribution in [2.24, 2.45) is 0 Å². The van der Waals surface area contributed by atoms with Gasteiger partial charge in [0.05, 0.1) is 16.8 Å². The van der Waals surface area contributed by atoms with Gasteiger partial charge < -0.3 is 15.5 Å². The molecule has 0 unspecified atom stereocenters. The molecule has 1 heterocycles. The summed E-state index contributed by atoms with van der Waals surface area (Å²) < 4.78 is 78.5. The second-order valence-electron chi connectivity index (χ2n) is 7.79. The van der Waals surface area contributed by atoms with Crippen LogP contribution in [0.4, 0.5) is 42.5 Å². The van der Waals surface area contributed by atoms with Crippen molar-refractivity contribution in [1.82, 2.24) is 25.5 Å². The maximum Gasteiger partial charge on any atom is 0.416 e. The van der Waals surface area contributed by atoms with E-state index < -0.39 is 35.2 Å². The second kappa shape index (κ2) is 10.2. The maximum absolute atomic E-state index is 13.1. The highest BCUT2D eigenvalue weighted by molar-refractivity contribution is 6.02. The highest BCUT2D eigenvalue weighted by Crippen LogP contribution is 2.37. The van der Waals surface area contributed by atoms with Crippen LogP contribution in [-0.4, -0.2) is 51.6 Å². The third kappa shape index (κ3) is 6.70. The lowest BCUT2D eigenvalue weighted by atomic mass is 10.0. The van der Waals surface area contributed by atoms with Crippen LogP contribution in [0.5, 0.6) is 0 Å². The van der Waals surface area contributed by atoms with E-state index in [4.69, 9.17) is 0 Å². The lowest BCUT2D eigenvalue weighted by Crippen LogP contribution is -2.22. The Kier molecular flexibility index (Phi) is 7.50. The molecular formula is C21H19F6N7O2. The number of aryl methyl sites for hydroxylation is 1. The molecule has 0 aliphatic heterocycles. The van der Waals surface area contributed by atoms with Crippen LogP contribution in [0.1, 0.15) is 23.1 Å². The van der Waals surface area contributed by atoms with Gasteiger partial charge in [-0.3, -0.25) is 4.79 Å². The van der Waals surface area contributed by atoms with Gasteiger partial charge in [-0.15, -0.1) is 5.10 Å². The number of rotatable bonds is 6. The lowest BCUT2D eigenvalue weighted by molar-refractivity contribution is -0.143. The first kappa shape index (κ1) is 26.4. The quantitative estimate of drug-likeness (QED) is 0.416. The fourth-order valence-corrected chi connectivity index (χ4v) is 3.11. The zero-order chi connectivity index (χ0) is 26.7. The fraction of sp³-hybridized carbons (Fsp3) is 0.286. The number of nitrogens with one attached hydrogen (secondary N) is 3. The zero-order valence-corrected chi connectivity index (χ0v) is 18.8. The van der Waals surface area contributed by atoms with Crippen LogP contribution in [-0.2, 0) is 23.6 Å². The predicted molar refractivity (Wildman–Crippen MR) is 116 cm³/mol. The molecular weight excluding hydrogens is 496 g/mol. The summed E-state index contributed by atoms with van der Waals surface area (Å²) in [6, 6.07) is 4.26. The minimum Gasteiger partial charge on any atom is -0.349 e. The number of carbonyl (C=O) groups is 2. The predicted octanol–water partition coefficient (Wildman–Crippen LogP) is 4.57. The van der Waals surface area contributed by atoms with Crippen LogP contribution in [0.3, 0.4) is 0 Å². The molecule has 3 aromatic rings. The van der Waals surface area contributed by atoms with Crippen molar-refractivity contribution in [3.63, 3.8) is 0 Å². The van der Waals surface area contributed by atoms with E-state index in [0.717, 1.165) is 0 Å². The summed E-state index contributed by atoms with van der Waals surface area (Å²) in [6.07, 6.45) is -9.58. The Bertz CT molecular complexity index is 1210. The van der Waals surface area contributed by atoms with E-state index in [1.165, 1.54) is 11.0 Å². The van der Waals surface area contributed by atoms with Crippen LogP contribution in [0.2, 0.25) is 0 Å². The van der Waals surface area contributed by atoms with Gasteiger partial charge in [-0.1, -0.05) is 6.07 Å². The average molecular weight is 515 g/mol. The Morgan fingerprint density at radius 1 is 0.944 bits per heavy atom. The number of nitrogens with zero attached hydrogens (tertiary/aromatic N) is 4. The molecule has 0 radical (unpaired) electrons. The van der Waals surface area contributed by atoms with Crippen molar-refractivity contribution >= 4 is 23.3 Å². The van der Waals surface area contributed by atoms with Gasteiger partial charge in [0.15, 0.2) is 5.82 Å². The number of tetrazole rings is 1. The third-order valence-electron chi connectivity index (χ3n) is 4.90. The van der Waals surface area contributed by atoms with Crippen molar-refractivity contribution in [3.05, 3.63) is 53.1 Å². The van der Waals surface area contributed by atoms with Crippen molar-refractivity contribution in [3.8, 4) is 11.4 Å². The molecule has 36 heavy (non-hydrogen) atoms. The first-order chi connectivity index (χ1) is 16.7. The van der Waals surface area contributed by atoms with Crippen molar-refractivity contribution < 1.29 is 35.9 Å². The molecule has 0 fully saturated rings. The summed E-state index contributed by atoms with van der Waals surface area (Å²) >= 11 is 0. The SMILES string of the molecule is CN(C)C(=O)CCc1ccc(NC(=O)Nc2cc(C(F)(F)F)cc(C(F)(F)F)c2)c(-c2nnn[nH]2)c1. The number of carbonyl (C=O) groups excluding carboxylic acids is 2. The number of aromatic amines is 1. The molecule has 3 N–H and O–H groups in total. The standard InChI is InChI=1S/C21H19F6N7O2/c1-34(2)17(35)6-4-11-3-5-16(15(7-11)18-30-32-33-31-18)29-19(36)28-14-9-12(20(22,23)24)8-13(10-14)21(25,26)27/h3,5,7-10H,4,6H2,1-2H3,(H2,28,29,36)(H,30,31,32,33). The molecule has 15 heteroatoms. The first-order valence-corrected chi connectivity index (χ1v) is 10.2. The molecule has 192 valence electrons. The molecule has 0 spiro atoms. The monoisotopic (exact) mass is 515 g/mol. The van der Waals surface area contributed by atoms with Crippen LogP contribution in [0.15, 0.2) is 36.4 Å². The Morgan fingerprint density at radius 3 is 2.11 bits per heavy atom. The Balaban J connectivity index is 1.86. The largest absolute Gasteiger partial charge is 0.416 e. The summed E-state index contributed by atoms with van der Waals surface area (Å²) in [4.78, 5) is 25.8. The van der Waals surface area contributed by atoms with E-state index in [1.54, 1.807) is 26.2 Å². The van der Waals surface area contributed by atoms with E-state index in [2.05, 4.69) is 25.9 Å². The number of halogens is 6. The number of amides is 3. The summed E-state index contributed by atoms with van der Waals surface area (Å²) in [5.41, 5.74) is -2.77. The summed E-state index contributed by atoms with van der Waals surface area (Å²) in [6.45, 7) is 0. The molecule has 2 aromatic carbocycles. The number of anilines is 2. The van der Waals surface area contributed by atoms with Crippen LogP contribution in [0.25, 0.3) is 11.4 Å². The number of benzene rings is 2. The minimum atomic E-state index is -5.07. The Morgan fingerprint density at radius 2 is 1.58 bits per heavy atom. The zero-order valence-electron chi connectivity index (χ0n) is 18.8. The van der Waals surface area contributed by atoms with E-state index in [-0.39, 0.29) is 35.5 Å². The number of H-pyrrole nitrogens is 1. The van der Waals surface area contributed by atoms with E-state index >= 15 is 0 Å². The number of urea groups is 1. The van der Waals surface area contributed by atoms with Gasteiger partial charge in [0, 0.05) is 31.8 Å². The number of hydrogen-bond acceptors (Lipinski definition) is 5. The molecule has 3 amide bonds. The van der Waals surface area contributed by atoms with Crippen molar-refractivity contribution in [2.75, 3.05) is 24.7 Å². The second-order valence-corrected chi connectivity index (χ2v) is 7.79. The highest BCUT2D eigenvalue weighted by atomic mass is 19.4. The molecule has 0 aliphatic carbocycles. The summed E-state index contributed by atoms with van der Waals surface area (Å²) in [5.74, 6) is 0.0169. The Hall–Kier alpha value is -4.17. The van der Waals surface area contributed by atoms with Crippen molar-refractivity contribution in [2.45, 2.75) is 25.2 Å². The average Bonchev–Trinajstić information content (AvgIpc) is 3.31. The van der Waals surface area contributed by atoms with Crippen LogP contribution in [0, 0.1) is 0 Å².